The number of amides is 1. The summed E-state index contributed by atoms with van der Waals surface area (Å²) in [5.41, 5.74) is 6.73. The van der Waals surface area contributed by atoms with E-state index < -0.39 is 0 Å². The molecule has 1 aliphatic rings. The number of carbonyl (C=O) groups is 1. The number of nitrogens with two attached hydrogens (primary N) is 1. The fourth-order valence-corrected chi connectivity index (χ4v) is 2.76. The number of likely N-dealkylation sites (tertiary alicyclic amines) is 1. The molecule has 0 aliphatic carbocycles. The highest BCUT2D eigenvalue weighted by atomic mass is 16.5. The average Bonchev–Trinajstić information content (AvgIpc) is 2.81. The van der Waals surface area contributed by atoms with E-state index in [-0.39, 0.29) is 5.91 Å². The maximum absolute atomic E-state index is 12.0. The molecule has 0 saturated carbocycles. The van der Waals surface area contributed by atoms with Gasteiger partial charge in [-0.15, -0.1) is 0 Å². The van der Waals surface area contributed by atoms with Crippen molar-refractivity contribution in [2.45, 2.75) is 31.7 Å². The van der Waals surface area contributed by atoms with Crippen LogP contribution in [0.1, 0.15) is 31.2 Å². The first kappa shape index (κ1) is 13.9. The van der Waals surface area contributed by atoms with Crippen molar-refractivity contribution in [2.24, 2.45) is 5.73 Å². The standard InChI is InChI=1S/C15H22N2O2/c1-11-9-13(10-17(11)15(18)7-8-16)12-3-5-14(19-2)6-4-12/h3-6,11,13H,7-10,16H2,1-2H3. The number of methoxy groups -OCH3 is 1. The molecule has 1 amide bonds. The normalized spacial score (nSPS) is 22.6. The highest BCUT2D eigenvalue weighted by Gasteiger charge is 2.32. The second-order valence-electron chi connectivity index (χ2n) is 5.14. The summed E-state index contributed by atoms with van der Waals surface area (Å²) in [6.45, 7) is 3.33. The van der Waals surface area contributed by atoms with Gasteiger partial charge < -0.3 is 15.4 Å². The van der Waals surface area contributed by atoms with E-state index >= 15 is 0 Å². The van der Waals surface area contributed by atoms with E-state index in [0.29, 0.717) is 24.9 Å². The Balaban J connectivity index is 2.05. The molecular formula is C15H22N2O2. The molecule has 0 bridgehead atoms. The van der Waals surface area contributed by atoms with Crippen LogP contribution in [0.15, 0.2) is 24.3 Å². The Morgan fingerprint density at radius 3 is 2.68 bits per heavy atom. The SMILES string of the molecule is COc1ccc(C2CC(C)N(C(=O)CCN)C2)cc1. The zero-order valence-electron chi connectivity index (χ0n) is 11.6. The lowest BCUT2D eigenvalue weighted by Gasteiger charge is -2.21. The van der Waals surface area contributed by atoms with E-state index in [0.717, 1.165) is 18.7 Å². The predicted molar refractivity (Wildman–Crippen MR) is 75.2 cm³/mol. The summed E-state index contributed by atoms with van der Waals surface area (Å²) in [6, 6.07) is 8.43. The molecule has 2 N–H and O–H groups in total. The zero-order chi connectivity index (χ0) is 13.8. The van der Waals surface area contributed by atoms with Gasteiger partial charge in [0, 0.05) is 31.5 Å². The van der Waals surface area contributed by atoms with Gasteiger partial charge in [-0.25, -0.2) is 0 Å². The predicted octanol–water partition coefficient (Wildman–Crippen LogP) is 1.75. The van der Waals surface area contributed by atoms with Crippen LogP contribution in [0.25, 0.3) is 0 Å². The van der Waals surface area contributed by atoms with Crippen LogP contribution in [0.2, 0.25) is 0 Å². The Labute approximate surface area is 114 Å². The maximum atomic E-state index is 12.0. The summed E-state index contributed by atoms with van der Waals surface area (Å²) in [4.78, 5) is 13.9. The maximum Gasteiger partial charge on any atom is 0.224 e. The number of nitrogens with zero attached hydrogens (tertiary/aromatic N) is 1. The Morgan fingerprint density at radius 1 is 1.42 bits per heavy atom. The quantitative estimate of drug-likeness (QED) is 0.899. The molecule has 2 atom stereocenters. The van der Waals surface area contributed by atoms with Gasteiger partial charge in [0.1, 0.15) is 5.75 Å². The summed E-state index contributed by atoms with van der Waals surface area (Å²) in [6.07, 6.45) is 1.46. The van der Waals surface area contributed by atoms with Gasteiger partial charge in [-0.3, -0.25) is 4.79 Å². The molecule has 2 unspecified atom stereocenters. The smallest absolute Gasteiger partial charge is 0.224 e. The van der Waals surface area contributed by atoms with E-state index in [2.05, 4.69) is 19.1 Å². The first-order valence-electron chi connectivity index (χ1n) is 6.79. The summed E-state index contributed by atoms with van der Waals surface area (Å²) < 4.78 is 5.17. The minimum Gasteiger partial charge on any atom is -0.497 e. The molecule has 19 heavy (non-hydrogen) atoms. The average molecular weight is 262 g/mol. The Morgan fingerprint density at radius 2 is 2.11 bits per heavy atom. The lowest BCUT2D eigenvalue weighted by Crippen LogP contribution is -2.35. The van der Waals surface area contributed by atoms with Gasteiger partial charge in [-0.2, -0.15) is 0 Å². The number of rotatable bonds is 4. The third-order valence-corrected chi connectivity index (χ3v) is 3.84. The third-order valence-electron chi connectivity index (χ3n) is 3.84. The molecule has 1 aliphatic heterocycles. The van der Waals surface area contributed by atoms with Crippen LogP contribution in [0, 0.1) is 0 Å². The van der Waals surface area contributed by atoms with Crippen molar-refractivity contribution in [1.29, 1.82) is 0 Å². The molecule has 1 aromatic rings. The van der Waals surface area contributed by atoms with Crippen LogP contribution in [0.3, 0.4) is 0 Å². The molecule has 0 aromatic heterocycles. The van der Waals surface area contributed by atoms with Crippen LogP contribution in [-0.2, 0) is 4.79 Å². The molecule has 0 radical (unpaired) electrons. The monoisotopic (exact) mass is 262 g/mol. The highest BCUT2D eigenvalue weighted by molar-refractivity contribution is 5.77. The third kappa shape index (κ3) is 3.07. The Kier molecular flexibility index (Phi) is 4.43. The molecule has 2 rings (SSSR count). The molecular weight excluding hydrogens is 240 g/mol. The van der Waals surface area contributed by atoms with Gasteiger partial charge in [-0.1, -0.05) is 12.1 Å². The van der Waals surface area contributed by atoms with Crippen molar-refractivity contribution in [3.05, 3.63) is 29.8 Å². The number of carbonyl (C=O) groups excluding carboxylic acids is 1. The minimum absolute atomic E-state index is 0.172. The molecule has 4 heteroatoms. The molecule has 104 valence electrons. The van der Waals surface area contributed by atoms with Gasteiger partial charge in [0.25, 0.3) is 0 Å². The number of benzene rings is 1. The molecule has 1 saturated heterocycles. The van der Waals surface area contributed by atoms with Gasteiger partial charge >= 0.3 is 0 Å². The van der Waals surface area contributed by atoms with E-state index in [4.69, 9.17) is 10.5 Å². The molecule has 1 fully saturated rings. The van der Waals surface area contributed by atoms with Gasteiger partial charge in [0.15, 0.2) is 0 Å². The number of ether oxygens (including phenoxy) is 1. The molecule has 1 heterocycles. The van der Waals surface area contributed by atoms with E-state index in [9.17, 15) is 4.79 Å². The van der Waals surface area contributed by atoms with E-state index in [1.807, 2.05) is 17.0 Å². The highest BCUT2D eigenvalue weighted by Crippen LogP contribution is 2.32. The number of hydrogen-bond donors (Lipinski definition) is 1. The second-order valence-corrected chi connectivity index (χ2v) is 5.14. The largest absolute Gasteiger partial charge is 0.497 e. The fraction of sp³-hybridized carbons (Fsp3) is 0.533. The topological polar surface area (TPSA) is 55.6 Å². The zero-order valence-corrected chi connectivity index (χ0v) is 11.6. The van der Waals surface area contributed by atoms with Gasteiger partial charge in [-0.05, 0) is 31.0 Å². The van der Waals surface area contributed by atoms with Crippen LogP contribution in [-0.4, -0.2) is 37.0 Å². The summed E-state index contributed by atoms with van der Waals surface area (Å²) in [5, 5.41) is 0. The van der Waals surface area contributed by atoms with Crippen LogP contribution >= 0.6 is 0 Å². The molecule has 1 aromatic carbocycles. The molecule has 0 spiro atoms. The summed E-state index contributed by atoms with van der Waals surface area (Å²) >= 11 is 0. The first-order valence-corrected chi connectivity index (χ1v) is 6.79. The summed E-state index contributed by atoms with van der Waals surface area (Å²) in [7, 11) is 1.67. The van der Waals surface area contributed by atoms with Crippen LogP contribution in [0.5, 0.6) is 5.75 Å². The van der Waals surface area contributed by atoms with Crippen molar-refractivity contribution in [3.8, 4) is 5.75 Å². The Hall–Kier alpha value is -1.55. The van der Waals surface area contributed by atoms with Crippen molar-refractivity contribution >= 4 is 5.91 Å². The lowest BCUT2D eigenvalue weighted by molar-refractivity contribution is -0.131. The van der Waals surface area contributed by atoms with Crippen molar-refractivity contribution in [2.75, 3.05) is 20.2 Å². The Bertz CT molecular complexity index is 430. The van der Waals surface area contributed by atoms with Crippen molar-refractivity contribution in [3.63, 3.8) is 0 Å². The molecule has 4 nitrogen and oxygen atoms in total. The van der Waals surface area contributed by atoms with E-state index in [1.54, 1.807) is 7.11 Å². The van der Waals surface area contributed by atoms with Crippen LogP contribution in [0.4, 0.5) is 0 Å². The van der Waals surface area contributed by atoms with Gasteiger partial charge in [0.2, 0.25) is 5.91 Å². The second kappa shape index (κ2) is 6.06. The van der Waals surface area contributed by atoms with Crippen molar-refractivity contribution in [1.82, 2.24) is 4.90 Å². The lowest BCUT2D eigenvalue weighted by atomic mass is 9.97. The summed E-state index contributed by atoms with van der Waals surface area (Å²) in [5.74, 6) is 1.46. The van der Waals surface area contributed by atoms with Gasteiger partial charge in [0.05, 0.1) is 7.11 Å². The van der Waals surface area contributed by atoms with Crippen LogP contribution < -0.4 is 10.5 Å². The van der Waals surface area contributed by atoms with E-state index in [1.165, 1.54) is 5.56 Å². The van der Waals surface area contributed by atoms with Crippen molar-refractivity contribution < 1.29 is 9.53 Å². The minimum atomic E-state index is 0.172. The fourth-order valence-electron chi connectivity index (χ4n) is 2.76. The first-order chi connectivity index (χ1) is 9.15. The number of hydrogen-bond acceptors (Lipinski definition) is 3.